The van der Waals surface area contributed by atoms with Crippen LogP contribution < -0.4 is 5.32 Å². The van der Waals surface area contributed by atoms with Gasteiger partial charge in [0, 0.05) is 18.3 Å². The van der Waals surface area contributed by atoms with Crippen molar-refractivity contribution < 1.29 is 9.18 Å². The first-order valence-electron chi connectivity index (χ1n) is 8.73. The Morgan fingerprint density at radius 3 is 2.50 bits per heavy atom. The predicted octanol–water partition coefficient (Wildman–Crippen LogP) is 3.97. The van der Waals surface area contributed by atoms with Crippen LogP contribution in [0.1, 0.15) is 16.2 Å². The number of aryl methyl sites for hydroxylation is 2. The topological polar surface area (TPSA) is 64.7 Å². The van der Waals surface area contributed by atoms with E-state index < -0.39 is 0 Å². The zero-order chi connectivity index (χ0) is 19.7. The van der Waals surface area contributed by atoms with Gasteiger partial charge in [0.2, 0.25) is 0 Å². The molecule has 2 aromatic heterocycles. The molecule has 0 saturated heterocycles. The molecule has 0 radical (unpaired) electrons. The van der Waals surface area contributed by atoms with E-state index in [1.54, 1.807) is 40.8 Å². The standard InChI is InChI=1S/C21H18FN5O/c1-14-12-18(25-27(14)17-6-4-3-5-7-17)21(28)24-20-19(23-13-26(20)2)15-8-10-16(22)11-9-15/h3-13H,1-2H3,(H,24,28). The van der Waals surface area contributed by atoms with Crippen LogP contribution >= 0.6 is 0 Å². The van der Waals surface area contributed by atoms with Gasteiger partial charge < -0.3 is 9.88 Å². The van der Waals surface area contributed by atoms with Gasteiger partial charge in [-0.1, -0.05) is 18.2 Å². The summed E-state index contributed by atoms with van der Waals surface area (Å²) in [6.07, 6.45) is 1.60. The Balaban J connectivity index is 1.63. The van der Waals surface area contributed by atoms with Crippen molar-refractivity contribution in [1.29, 1.82) is 0 Å². The van der Waals surface area contributed by atoms with Crippen LogP contribution in [0.4, 0.5) is 10.2 Å². The SMILES string of the molecule is Cc1cc(C(=O)Nc2c(-c3ccc(F)cc3)ncn2C)nn1-c1ccccc1. The van der Waals surface area contributed by atoms with Crippen molar-refractivity contribution in [1.82, 2.24) is 19.3 Å². The maximum Gasteiger partial charge on any atom is 0.277 e. The monoisotopic (exact) mass is 375 g/mol. The minimum absolute atomic E-state index is 0.299. The highest BCUT2D eigenvalue weighted by molar-refractivity contribution is 6.04. The molecule has 1 amide bonds. The molecule has 0 spiro atoms. The highest BCUT2D eigenvalue weighted by Gasteiger charge is 2.18. The van der Waals surface area contributed by atoms with E-state index in [2.05, 4.69) is 15.4 Å². The van der Waals surface area contributed by atoms with Gasteiger partial charge in [0.25, 0.3) is 5.91 Å². The lowest BCUT2D eigenvalue weighted by atomic mass is 10.1. The third kappa shape index (κ3) is 3.29. The molecule has 0 saturated carbocycles. The number of anilines is 1. The van der Waals surface area contributed by atoms with Gasteiger partial charge in [-0.05, 0) is 49.4 Å². The Bertz CT molecular complexity index is 1130. The van der Waals surface area contributed by atoms with Crippen molar-refractivity contribution in [2.45, 2.75) is 6.92 Å². The lowest BCUT2D eigenvalue weighted by Crippen LogP contribution is -2.16. The second-order valence-corrected chi connectivity index (χ2v) is 6.43. The fourth-order valence-corrected chi connectivity index (χ4v) is 2.98. The fourth-order valence-electron chi connectivity index (χ4n) is 2.98. The highest BCUT2D eigenvalue weighted by Crippen LogP contribution is 2.26. The van der Waals surface area contributed by atoms with Crippen LogP contribution in [0.15, 0.2) is 67.0 Å². The molecule has 2 heterocycles. The molecule has 0 aliphatic carbocycles. The van der Waals surface area contributed by atoms with E-state index in [9.17, 15) is 9.18 Å². The van der Waals surface area contributed by atoms with Gasteiger partial charge in [0.05, 0.1) is 12.0 Å². The molecule has 1 N–H and O–H groups in total. The van der Waals surface area contributed by atoms with Crippen molar-refractivity contribution in [2.24, 2.45) is 7.05 Å². The van der Waals surface area contributed by atoms with Crippen LogP contribution in [0, 0.1) is 12.7 Å². The first-order chi connectivity index (χ1) is 13.5. The lowest BCUT2D eigenvalue weighted by molar-refractivity contribution is 0.102. The van der Waals surface area contributed by atoms with Crippen molar-refractivity contribution >= 4 is 11.7 Å². The third-order valence-electron chi connectivity index (χ3n) is 4.41. The van der Waals surface area contributed by atoms with Gasteiger partial charge in [-0.2, -0.15) is 5.10 Å². The number of amides is 1. The second-order valence-electron chi connectivity index (χ2n) is 6.43. The Labute approximate surface area is 161 Å². The van der Waals surface area contributed by atoms with E-state index >= 15 is 0 Å². The summed E-state index contributed by atoms with van der Waals surface area (Å²) in [6, 6.07) is 17.3. The van der Waals surface area contributed by atoms with Crippen LogP contribution in [0.5, 0.6) is 0 Å². The number of aromatic nitrogens is 4. The number of carbonyl (C=O) groups is 1. The number of imidazole rings is 1. The highest BCUT2D eigenvalue weighted by atomic mass is 19.1. The molecule has 28 heavy (non-hydrogen) atoms. The molecule has 0 fully saturated rings. The minimum Gasteiger partial charge on any atom is -0.320 e. The van der Waals surface area contributed by atoms with E-state index in [0.29, 0.717) is 22.8 Å². The quantitative estimate of drug-likeness (QED) is 0.587. The largest absolute Gasteiger partial charge is 0.320 e. The third-order valence-corrected chi connectivity index (χ3v) is 4.41. The first-order valence-corrected chi connectivity index (χ1v) is 8.73. The molecule has 2 aromatic carbocycles. The normalized spacial score (nSPS) is 10.8. The molecule has 0 aliphatic rings. The summed E-state index contributed by atoms with van der Waals surface area (Å²) in [7, 11) is 1.78. The Morgan fingerprint density at radius 2 is 1.79 bits per heavy atom. The molecule has 0 aliphatic heterocycles. The van der Waals surface area contributed by atoms with Gasteiger partial charge in [0.15, 0.2) is 5.69 Å². The molecule has 4 rings (SSSR count). The van der Waals surface area contributed by atoms with Crippen molar-refractivity contribution in [3.8, 4) is 16.9 Å². The summed E-state index contributed by atoms with van der Waals surface area (Å²) in [4.78, 5) is 17.1. The summed E-state index contributed by atoms with van der Waals surface area (Å²) in [5, 5.41) is 7.30. The van der Waals surface area contributed by atoms with Gasteiger partial charge in [-0.15, -0.1) is 0 Å². The summed E-state index contributed by atoms with van der Waals surface area (Å²) in [6.45, 7) is 1.89. The van der Waals surface area contributed by atoms with Crippen molar-refractivity contribution in [3.05, 3.63) is 84.2 Å². The van der Waals surface area contributed by atoms with E-state index in [1.165, 1.54) is 12.1 Å². The predicted molar refractivity (Wildman–Crippen MR) is 105 cm³/mol. The Hall–Kier alpha value is -3.74. The molecule has 6 nitrogen and oxygen atoms in total. The molecule has 0 bridgehead atoms. The maximum atomic E-state index is 13.2. The smallest absolute Gasteiger partial charge is 0.277 e. The number of para-hydroxylation sites is 1. The van der Waals surface area contributed by atoms with Crippen LogP contribution in [-0.2, 0) is 7.05 Å². The zero-order valence-corrected chi connectivity index (χ0v) is 15.4. The zero-order valence-electron chi connectivity index (χ0n) is 15.4. The van der Waals surface area contributed by atoms with Crippen LogP contribution in [-0.4, -0.2) is 25.2 Å². The second kappa shape index (κ2) is 7.11. The van der Waals surface area contributed by atoms with E-state index in [4.69, 9.17) is 0 Å². The number of halogens is 1. The van der Waals surface area contributed by atoms with Gasteiger partial charge in [-0.25, -0.2) is 14.1 Å². The summed E-state index contributed by atoms with van der Waals surface area (Å²) in [5.41, 5.74) is 3.30. The summed E-state index contributed by atoms with van der Waals surface area (Å²) in [5.74, 6) is -0.152. The maximum absolute atomic E-state index is 13.2. The minimum atomic E-state index is -0.343. The van der Waals surface area contributed by atoms with E-state index in [1.807, 2.05) is 37.3 Å². The molecular formula is C21H18FN5O. The van der Waals surface area contributed by atoms with Crippen LogP contribution in [0.25, 0.3) is 16.9 Å². The number of nitrogens with zero attached hydrogens (tertiary/aromatic N) is 4. The van der Waals surface area contributed by atoms with E-state index in [0.717, 1.165) is 11.4 Å². The van der Waals surface area contributed by atoms with Gasteiger partial charge in [0.1, 0.15) is 17.3 Å². The molecule has 140 valence electrons. The van der Waals surface area contributed by atoms with Crippen molar-refractivity contribution in [2.75, 3.05) is 5.32 Å². The Kier molecular flexibility index (Phi) is 4.49. The average molecular weight is 375 g/mol. The summed E-state index contributed by atoms with van der Waals surface area (Å²) >= 11 is 0. The average Bonchev–Trinajstić information content (AvgIpc) is 3.26. The van der Waals surface area contributed by atoms with E-state index in [-0.39, 0.29) is 11.7 Å². The number of rotatable bonds is 4. The first kappa shape index (κ1) is 17.7. The molecule has 0 atom stereocenters. The number of nitrogens with one attached hydrogen (secondary N) is 1. The summed E-state index contributed by atoms with van der Waals surface area (Å²) < 4.78 is 16.6. The molecule has 0 unspecified atom stereocenters. The van der Waals surface area contributed by atoms with Crippen LogP contribution in [0.3, 0.4) is 0 Å². The fraction of sp³-hybridized carbons (Fsp3) is 0.0952. The molecular weight excluding hydrogens is 357 g/mol. The molecule has 7 heteroatoms. The Morgan fingerprint density at radius 1 is 1.07 bits per heavy atom. The molecule has 4 aromatic rings. The number of benzene rings is 2. The van der Waals surface area contributed by atoms with Crippen LogP contribution in [0.2, 0.25) is 0 Å². The van der Waals surface area contributed by atoms with Gasteiger partial charge >= 0.3 is 0 Å². The van der Waals surface area contributed by atoms with Crippen molar-refractivity contribution in [3.63, 3.8) is 0 Å². The van der Waals surface area contributed by atoms with Gasteiger partial charge in [-0.3, -0.25) is 4.79 Å². The number of hydrogen-bond donors (Lipinski definition) is 1. The number of carbonyl (C=O) groups excluding carboxylic acids is 1. The number of hydrogen-bond acceptors (Lipinski definition) is 3. The lowest BCUT2D eigenvalue weighted by Gasteiger charge is -2.07.